The normalized spacial score (nSPS) is 13.3. The highest BCUT2D eigenvalue weighted by Gasteiger charge is 2.46. The van der Waals surface area contributed by atoms with E-state index in [1.165, 1.54) is 50.1 Å². The zero-order valence-corrected chi connectivity index (χ0v) is 32.0. The summed E-state index contributed by atoms with van der Waals surface area (Å²) in [7, 11) is 0. The van der Waals surface area contributed by atoms with E-state index in [2.05, 4.69) is 255 Å². The van der Waals surface area contributed by atoms with Crippen molar-refractivity contribution >= 4 is 23.0 Å². The number of hydrogen-bond acceptors (Lipinski definition) is 1. The molecule has 0 unspecified atom stereocenters. The van der Waals surface area contributed by atoms with Crippen LogP contribution >= 0.6 is 0 Å². The van der Waals surface area contributed by atoms with Gasteiger partial charge in [-0.25, -0.2) is 0 Å². The number of benzene rings is 8. The predicted octanol–water partition coefficient (Wildman–Crippen LogP) is 14.6. The minimum atomic E-state index is -0.516. The summed E-state index contributed by atoms with van der Waals surface area (Å²) < 4.78 is 0. The summed E-state index contributed by atoms with van der Waals surface area (Å²) in [6.07, 6.45) is 9.00. The van der Waals surface area contributed by atoms with Gasteiger partial charge in [-0.15, -0.1) is 0 Å². The quantitative estimate of drug-likeness (QED) is 0.127. The number of fused-ring (bicyclic) bond motifs is 3. The Bertz CT molecular complexity index is 2650. The first-order chi connectivity index (χ1) is 28.2. The standard InChI is InChI=1S/C56H43N/c1-2-43(44-22-10-4-11-23-44)32-37-50(40-42-20-8-3-9-21-42)57(49-35-33-46(34-36-49)45-24-12-5-13-25-45)51-38-39-53-52-30-18-19-31-54(52)56(55(53)41-51,47-26-14-6-15-27-47)48-28-16-7-17-29-48/h2-41H,1H3/b37-32-,43-2+,50-40-. The van der Waals surface area contributed by atoms with Gasteiger partial charge in [-0.3, -0.25) is 0 Å². The largest absolute Gasteiger partial charge is 0.310 e. The van der Waals surface area contributed by atoms with Gasteiger partial charge in [0.25, 0.3) is 0 Å². The van der Waals surface area contributed by atoms with Gasteiger partial charge < -0.3 is 4.90 Å². The zero-order valence-electron chi connectivity index (χ0n) is 32.0. The lowest BCUT2D eigenvalue weighted by Gasteiger charge is -2.35. The van der Waals surface area contributed by atoms with Crippen LogP contribution in [0.4, 0.5) is 11.4 Å². The van der Waals surface area contributed by atoms with Gasteiger partial charge in [-0.2, -0.15) is 0 Å². The summed E-state index contributed by atoms with van der Waals surface area (Å²) in [5, 5.41) is 0. The lowest BCUT2D eigenvalue weighted by molar-refractivity contribution is 0.768. The van der Waals surface area contributed by atoms with Gasteiger partial charge in [-0.05, 0) is 105 Å². The van der Waals surface area contributed by atoms with Crippen LogP contribution in [0.1, 0.15) is 40.3 Å². The SMILES string of the molecule is C\C=C(/C=C\C(=C\c1ccccc1)N(c1ccc(-c2ccccc2)cc1)c1ccc2c(c1)C(c1ccccc1)(c1ccccc1)c1ccccc1-2)c1ccccc1. The van der Waals surface area contributed by atoms with E-state index in [0.717, 1.165) is 28.2 Å². The highest BCUT2D eigenvalue weighted by Crippen LogP contribution is 2.57. The summed E-state index contributed by atoms with van der Waals surface area (Å²) >= 11 is 0. The van der Waals surface area contributed by atoms with Crippen molar-refractivity contribution < 1.29 is 0 Å². The number of anilines is 2. The number of hydrogen-bond donors (Lipinski definition) is 0. The average molecular weight is 730 g/mol. The second-order valence-corrected chi connectivity index (χ2v) is 14.4. The molecule has 1 aliphatic rings. The van der Waals surface area contributed by atoms with E-state index in [-0.39, 0.29) is 0 Å². The molecular weight excluding hydrogens is 687 g/mol. The fraction of sp³-hybridized carbons (Fsp3) is 0.0357. The maximum Gasteiger partial charge on any atom is 0.0714 e. The van der Waals surface area contributed by atoms with E-state index in [1.807, 2.05) is 0 Å². The molecule has 0 saturated heterocycles. The third-order valence-corrected chi connectivity index (χ3v) is 11.2. The molecule has 0 fully saturated rings. The van der Waals surface area contributed by atoms with Crippen LogP contribution in [-0.2, 0) is 5.41 Å². The molecule has 1 nitrogen and oxygen atoms in total. The molecule has 0 radical (unpaired) electrons. The minimum Gasteiger partial charge on any atom is -0.310 e. The van der Waals surface area contributed by atoms with Crippen LogP contribution < -0.4 is 4.90 Å². The highest BCUT2D eigenvalue weighted by molar-refractivity contribution is 5.89. The number of nitrogens with zero attached hydrogens (tertiary/aromatic N) is 1. The molecule has 57 heavy (non-hydrogen) atoms. The van der Waals surface area contributed by atoms with Crippen LogP contribution in [0.15, 0.2) is 242 Å². The first kappa shape index (κ1) is 35.5. The van der Waals surface area contributed by atoms with Gasteiger partial charge >= 0.3 is 0 Å². The summed E-state index contributed by atoms with van der Waals surface area (Å²) in [5.41, 5.74) is 16.1. The van der Waals surface area contributed by atoms with Gasteiger partial charge in [0.2, 0.25) is 0 Å². The molecular formula is C56H43N. The first-order valence-electron chi connectivity index (χ1n) is 19.7. The average Bonchev–Trinajstić information content (AvgIpc) is 3.59. The van der Waals surface area contributed by atoms with E-state index < -0.39 is 5.41 Å². The molecule has 8 aromatic carbocycles. The molecule has 0 spiro atoms. The third-order valence-electron chi connectivity index (χ3n) is 11.2. The molecule has 8 aromatic rings. The fourth-order valence-electron chi connectivity index (χ4n) is 8.52. The van der Waals surface area contributed by atoms with E-state index in [9.17, 15) is 0 Å². The molecule has 0 aromatic heterocycles. The van der Waals surface area contributed by atoms with Gasteiger partial charge in [0, 0.05) is 17.1 Å². The molecule has 0 saturated carbocycles. The molecule has 0 atom stereocenters. The predicted molar refractivity (Wildman–Crippen MR) is 241 cm³/mol. The number of rotatable bonds is 10. The lowest BCUT2D eigenvalue weighted by atomic mass is 9.67. The van der Waals surface area contributed by atoms with Gasteiger partial charge in [0.1, 0.15) is 0 Å². The molecule has 0 heterocycles. The van der Waals surface area contributed by atoms with Crippen molar-refractivity contribution in [3.05, 3.63) is 276 Å². The smallest absolute Gasteiger partial charge is 0.0714 e. The fourth-order valence-corrected chi connectivity index (χ4v) is 8.52. The maximum absolute atomic E-state index is 2.45. The Balaban J connectivity index is 1.29. The van der Waals surface area contributed by atoms with E-state index in [1.54, 1.807) is 0 Å². The van der Waals surface area contributed by atoms with Crippen molar-refractivity contribution in [1.82, 2.24) is 0 Å². The Labute approximate surface area is 336 Å². The minimum absolute atomic E-state index is 0.516. The van der Waals surface area contributed by atoms with Crippen molar-refractivity contribution in [1.29, 1.82) is 0 Å². The van der Waals surface area contributed by atoms with Crippen LogP contribution in [0.25, 0.3) is 33.9 Å². The second kappa shape index (κ2) is 15.9. The lowest BCUT2D eigenvalue weighted by Crippen LogP contribution is -2.28. The van der Waals surface area contributed by atoms with Gasteiger partial charge in [-0.1, -0.05) is 206 Å². The summed E-state index contributed by atoms with van der Waals surface area (Å²) in [5.74, 6) is 0. The summed E-state index contributed by atoms with van der Waals surface area (Å²) in [6, 6.07) is 78.9. The van der Waals surface area contributed by atoms with Crippen molar-refractivity contribution in [3.8, 4) is 22.3 Å². The highest BCUT2D eigenvalue weighted by atomic mass is 15.1. The molecule has 0 bridgehead atoms. The van der Waals surface area contributed by atoms with Crippen LogP contribution in [0.2, 0.25) is 0 Å². The Kier molecular flexibility index (Phi) is 9.88. The molecule has 9 rings (SSSR count). The Morgan fingerprint density at radius 2 is 0.947 bits per heavy atom. The monoisotopic (exact) mass is 729 g/mol. The van der Waals surface area contributed by atoms with Crippen molar-refractivity contribution in [2.24, 2.45) is 0 Å². The summed E-state index contributed by atoms with van der Waals surface area (Å²) in [6.45, 7) is 2.11. The molecule has 1 aliphatic carbocycles. The Morgan fingerprint density at radius 3 is 1.58 bits per heavy atom. The van der Waals surface area contributed by atoms with Crippen molar-refractivity contribution in [2.45, 2.75) is 12.3 Å². The first-order valence-corrected chi connectivity index (χ1v) is 19.7. The second-order valence-electron chi connectivity index (χ2n) is 14.4. The molecule has 0 aliphatic heterocycles. The van der Waals surface area contributed by atoms with Gasteiger partial charge in [0.15, 0.2) is 0 Å². The molecule has 1 heteroatoms. The van der Waals surface area contributed by atoms with Crippen LogP contribution in [0.5, 0.6) is 0 Å². The topological polar surface area (TPSA) is 3.24 Å². The maximum atomic E-state index is 2.45. The van der Waals surface area contributed by atoms with Gasteiger partial charge in [0.05, 0.1) is 5.41 Å². The zero-order chi connectivity index (χ0) is 38.4. The molecule has 0 N–H and O–H groups in total. The molecule has 0 amide bonds. The van der Waals surface area contributed by atoms with Crippen molar-refractivity contribution in [3.63, 3.8) is 0 Å². The van der Waals surface area contributed by atoms with Crippen LogP contribution in [0.3, 0.4) is 0 Å². The van der Waals surface area contributed by atoms with Crippen molar-refractivity contribution in [2.75, 3.05) is 4.90 Å². The summed E-state index contributed by atoms with van der Waals surface area (Å²) in [4.78, 5) is 2.42. The molecule has 272 valence electrons. The van der Waals surface area contributed by atoms with E-state index in [4.69, 9.17) is 0 Å². The Hall–Kier alpha value is -7.22. The van der Waals surface area contributed by atoms with Crippen LogP contribution in [0, 0.1) is 0 Å². The number of allylic oxidation sites excluding steroid dienone is 4. The van der Waals surface area contributed by atoms with Crippen LogP contribution in [-0.4, -0.2) is 0 Å². The van der Waals surface area contributed by atoms with E-state index in [0.29, 0.717) is 0 Å². The van der Waals surface area contributed by atoms with E-state index >= 15 is 0 Å². The Morgan fingerprint density at radius 1 is 0.439 bits per heavy atom. The third kappa shape index (κ3) is 6.75.